The standard InChI is InChI=1S/C15H15F2N/c1-2-15(18,11-6-4-3-5-7-11)13-10-12(16)8-9-14(13)17/h3-10H,2,18H2,1H3. The van der Waals surface area contributed by atoms with Gasteiger partial charge in [-0.25, -0.2) is 8.78 Å². The molecule has 2 aromatic carbocycles. The summed E-state index contributed by atoms with van der Waals surface area (Å²) in [5.41, 5.74) is 6.26. The van der Waals surface area contributed by atoms with E-state index in [2.05, 4.69) is 0 Å². The Hall–Kier alpha value is -1.74. The second-order valence-electron chi connectivity index (χ2n) is 4.32. The zero-order valence-corrected chi connectivity index (χ0v) is 10.2. The fraction of sp³-hybridized carbons (Fsp3) is 0.200. The van der Waals surface area contributed by atoms with Gasteiger partial charge in [-0.3, -0.25) is 0 Å². The molecule has 2 rings (SSSR count). The molecule has 0 aliphatic heterocycles. The van der Waals surface area contributed by atoms with E-state index >= 15 is 0 Å². The van der Waals surface area contributed by atoms with Gasteiger partial charge in [-0.15, -0.1) is 0 Å². The van der Waals surface area contributed by atoms with Gasteiger partial charge in [-0.2, -0.15) is 0 Å². The van der Waals surface area contributed by atoms with Gasteiger partial charge in [0, 0.05) is 5.56 Å². The second kappa shape index (κ2) is 4.86. The zero-order chi connectivity index (χ0) is 13.2. The minimum absolute atomic E-state index is 0.191. The number of rotatable bonds is 3. The van der Waals surface area contributed by atoms with Gasteiger partial charge in [0.15, 0.2) is 0 Å². The lowest BCUT2D eigenvalue weighted by Gasteiger charge is -2.29. The zero-order valence-electron chi connectivity index (χ0n) is 10.2. The van der Waals surface area contributed by atoms with Crippen molar-refractivity contribution in [3.8, 4) is 0 Å². The summed E-state index contributed by atoms with van der Waals surface area (Å²) in [7, 11) is 0. The molecule has 1 atom stereocenters. The first-order valence-corrected chi connectivity index (χ1v) is 5.88. The van der Waals surface area contributed by atoms with Crippen molar-refractivity contribution in [2.24, 2.45) is 5.73 Å². The molecule has 0 saturated heterocycles. The third-order valence-corrected chi connectivity index (χ3v) is 3.26. The molecule has 0 spiro atoms. The predicted octanol–water partition coefficient (Wildman–Crippen LogP) is 3.58. The molecule has 3 heteroatoms. The number of benzene rings is 2. The first kappa shape index (κ1) is 12.7. The highest BCUT2D eigenvalue weighted by Crippen LogP contribution is 2.32. The molecule has 0 heterocycles. The maximum Gasteiger partial charge on any atom is 0.128 e. The Morgan fingerprint density at radius 3 is 2.33 bits per heavy atom. The maximum absolute atomic E-state index is 13.9. The van der Waals surface area contributed by atoms with Crippen LogP contribution in [0.5, 0.6) is 0 Å². The molecule has 0 amide bonds. The number of hydrogen-bond acceptors (Lipinski definition) is 1. The first-order chi connectivity index (χ1) is 8.58. The van der Waals surface area contributed by atoms with E-state index in [0.29, 0.717) is 6.42 Å². The summed E-state index contributed by atoms with van der Waals surface area (Å²) < 4.78 is 27.2. The fourth-order valence-electron chi connectivity index (χ4n) is 2.13. The van der Waals surface area contributed by atoms with Gasteiger partial charge in [0.05, 0.1) is 5.54 Å². The van der Waals surface area contributed by atoms with E-state index < -0.39 is 17.2 Å². The largest absolute Gasteiger partial charge is 0.318 e. The molecule has 18 heavy (non-hydrogen) atoms. The van der Waals surface area contributed by atoms with Crippen LogP contribution in [0.1, 0.15) is 24.5 Å². The van der Waals surface area contributed by atoms with E-state index in [1.54, 1.807) is 0 Å². The molecular weight excluding hydrogens is 232 g/mol. The molecule has 0 bridgehead atoms. The smallest absolute Gasteiger partial charge is 0.128 e. The maximum atomic E-state index is 13.9. The molecule has 1 nitrogen and oxygen atoms in total. The highest BCUT2D eigenvalue weighted by molar-refractivity contribution is 5.38. The van der Waals surface area contributed by atoms with Crippen LogP contribution in [-0.2, 0) is 5.54 Å². The number of hydrogen-bond donors (Lipinski definition) is 1. The number of nitrogens with two attached hydrogens (primary N) is 1. The van der Waals surface area contributed by atoms with Crippen molar-refractivity contribution in [1.82, 2.24) is 0 Å². The summed E-state index contributed by atoms with van der Waals surface area (Å²) in [5, 5.41) is 0. The van der Waals surface area contributed by atoms with Crippen LogP contribution in [0.2, 0.25) is 0 Å². The van der Waals surface area contributed by atoms with Crippen LogP contribution in [0.3, 0.4) is 0 Å². The summed E-state index contributed by atoms with van der Waals surface area (Å²) in [4.78, 5) is 0. The lowest BCUT2D eigenvalue weighted by molar-refractivity contribution is 0.472. The van der Waals surface area contributed by atoms with Gasteiger partial charge in [-0.05, 0) is 30.2 Å². The van der Waals surface area contributed by atoms with Gasteiger partial charge in [-0.1, -0.05) is 37.3 Å². The molecule has 1 unspecified atom stereocenters. The second-order valence-corrected chi connectivity index (χ2v) is 4.32. The van der Waals surface area contributed by atoms with E-state index in [1.807, 2.05) is 37.3 Å². The van der Waals surface area contributed by atoms with Gasteiger partial charge in [0.1, 0.15) is 11.6 Å². The molecule has 0 aliphatic carbocycles. The summed E-state index contributed by atoms with van der Waals surface area (Å²) >= 11 is 0. The Bertz CT molecular complexity index is 539. The average molecular weight is 247 g/mol. The third kappa shape index (κ3) is 2.14. The molecule has 0 fully saturated rings. The summed E-state index contributed by atoms with van der Waals surface area (Å²) in [5.74, 6) is -0.963. The van der Waals surface area contributed by atoms with E-state index in [0.717, 1.165) is 17.7 Å². The fourth-order valence-corrected chi connectivity index (χ4v) is 2.13. The Morgan fingerprint density at radius 1 is 1.06 bits per heavy atom. The van der Waals surface area contributed by atoms with Gasteiger partial charge in [0.2, 0.25) is 0 Å². The van der Waals surface area contributed by atoms with Crippen LogP contribution in [-0.4, -0.2) is 0 Å². The Morgan fingerprint density at radius 2 is 1.72 bits per heavy atom. The number of halogens is 2. The summed E-state index contributed by atoms with van der Waals surface area (Å²) in [6, 6.07) is 12.6. The van der Waals surface area contributed by atoms with E-state index in [4.69, 9.17) is 5.73 Å². The van der Waals surface area contributed by atoms with Crippen molar-refractivity contribution in [3.05, 3.63) is 71.3 Å². The summed E-state index contributed by atoms with van der Waals surface area (Å²) in [6.07, 6.45) is 0.484. The normalized spacial score (nSPS) is 14.2. The minimum Gasteiger partial charge on any atom is -0.318 e. The highest BCUT2D eigenvalue weighted by atomic mass is 19.1. The Labute approximate surface area is 105 Å². The molecule has 2 aromatic rings. The molecule has 0 aromatic heterocycles. The average Bonchev–Trinajstić information content (AvgIpc) is 2.41. The van der Waals surface area contributed by atoms with Crippen LogP contribution in [0.25, 0.3) is 0 Å². The van der Waals surface area contributed by atoms with Crippen LogP contribution in [0, 0.1) is 11.6 Å². The van der Waals surface area contributed by atoms with Crippen LogP contribution in [0.4, 0.5) is 8.78 Å². The van der Waals surface area contributed by atoms with Crippen LogP contribution >= 0.6 is 0 Å². The van der Waals surface area contributed by atoms with Gasteiger partial charge >= 0.3 is 0 Å². The van der Waals surface area contributed by atoms with Crippen LogP contribution in [0.15, 0.2) is 48.5 Å². The van der Waals surface area contributed by atoms with Crippen molar-refractivity contribution >= 4 is 0 Å². The van der Waals surface area contributed by atoms with Crippen molar-refractivity contribution in [1.29, 1.82) is 0 Å². The molecule has 0 aliphatic rings. The van der Waals surface area contributed by atoms with E-state index in [1.165, 1.54) is 6.07 Å². The Kier molecular flexibility index (Phi) is 3.43. The highest BCUT2D eigenvalue weighted by Gasteiger charge is 2.30. The topological polar surface area (TPSA) is 26.0 Å². The predicted molar refractivity (Wildman–Crippen MR) is 68.1 cm³/mol. The molecular formula is C15H15F2N. The molecule has 0 saturated carbocycles. The van der Waals surface area contributed by atoms with Crippen molar-refractivity contribution < 1.29 is 8.78 Å². The third-order valence-electron chi connectivity index (χ3n) is 3.26. The Balaban J connectivity index is 2.60. The SMILES string of the molecule is CCC(N)(c1ccccc1)c1cc(F)ccc1F. The van der Waals surface area contributed by atoms with E-state index in [9.17, 15) is 8.78 Å². The minimum atomic E-state index is -1.01. The first-order valence-electron chi connectivity index (χ1n) is 5.88. The lowest BCUT2D eigenvalue weighted by Crippen LogP contribution is -2.38. The monoisotopic (exact) mass is 247 g/mol. The quantitative estimate of drug-likeness (QED) is 0.881. The van der Waals surface area contributed by atoms with Gasteiger partial charge in [0.25, 0.3) is 0 Å². The van der Waals surface area contributed by atoms with Gasteiger partial charge < -0.3 is 5.73 Å². The van der Waals surface area contributed by atoms with Crippen molar-refractivity contribution in [3.63, 3.8) is 0 Å². The lowest BCUT2D eigenvalue weighted by atomic mass is 9.81. The molecule has 2 N–H and O–H groups in total. The van der Waals surface area contributed by atoms with E-state index in [-0.39, 0.29) is 5.56 Å². The van der Waals surface area contributed by atoms with Crippen LogP contribution < -0.4 is 5.73 Å². The van der Waals surface area contributed by atoms with Crippen molar-refractivity contribution in [2.75, 3.05) is 0 Å². The summed E-state index contributed by atoms with van der Waals surface area (Å²) in [6.45, 7) is 1.86. The molecule has 94 valence electrons. The molecule has 0 radical (unpaired) electrons. The van der Waals surface area contributed by atoms with Crippen molar-refractivity contribution in [2.45, 2.75) is 18.9 Å².